The van der Waals surface area contributed by atoms with Crippen molar-refractivity contribution in [2.45, 2.75) is 12.6 Å². The Morgan fingerprint density at radius 1 is 1.53 bits per heavy atom. The molecule has 92 valence electrons. The number of hydrogen-bond acceptors (Lipinski definition) is 4. The molecule has 1 aromatic rings. The van der Waals surface area contributed by atoms with Crippen LogP contribution in [-0.2, 0) is 11.3 Å². The second kappa shape index (κ2) is 5.16. The zero-order valence-electron chi connectivity index (χ0n) is 9.50. The van der Waals surface area contributed by atoms with E-state index in [-0.39, 0.29) is 6.54 Å². The molecule has 1 unspecified atom stereocenters. The van der Waals surface area contributed by atoms with Gasteiger partial charge < -0.3 is 15.6 Å². The van der Waals surface area contributed by atoms with E-state index in [1.54, 1.807) is 0 Å². The van der Waals surface area contributed by atoms with Gasteiger partial charge in [0, 0.05) is 25.2 Å². The SMILES string of the molecule is NCC(C(=O)O)N1CCOc2ccccc2C1. The van der Waals surface area contributed by atoms with Crippen molar-refractivity contribution in [3.63, 3.8) is 0 Å². The summed E-state index contributed by atoms with van der Waals surface area (Å²) in [5.41, 5.74) is 6.52. The lowest BCUT2D eigenvalue weighted by Crippen LogP contribution is -2.46. The van der Waals surface area contributed by atoms with Crippen LogP contribution in [0.1, 0.15) is 5.56 Å². The molecule has 1 aliphatic heterocycles. The van der Waals surface area contributed by atoms with Crippen molar-refractivity contribution in [1.29, 1.82) is 0 Å². The van der Waals surface area contributed by atoms with Crippen LogP contribution in [0.3, 0.4) is 0 Å². The van der Waals surface area contributed by atoms with Crippen molar-refractivity contribution < 1.29 is 14.6 Å². The Balaban J connectivity index is 2.20. The summed E-state index contributed by atoms with van der Waals surface area (Å²) in [5.74, 6) is -0.0527. The lowest BCUT2D eigenvalue weighted by molar-refractivity contribution is -0.143. The molecule has 0 amide bonds. The zero-order valence-corrected chi connectivity index (χ0v) is 9.50. The van der Waals surface area contributed by atoms with Crippen LogP contribution in [0, 0.1) is 0 Å². The van der Waals surface area contributed by atoms with Crippen LogP contribution in [0.25, 0.3) is 0 Å². The largest absolute Gasteiger partial charge is 0.492 e. The molecule has 5 nitrogen and oxygen atoms in total. The first-order valence-corrected chi connectivity index (χ1v) is 5.60. The first-order chi connectivity index (χ1) is 8.22. The Hall–Kier alpha value is -1.59. The van der Waals surface area contributed by atoms with Gasteiger partial charge in [0.2, 0.25) is 0 Å². The lowest BCUT2D eigenvalue weighted by atomic mass is 10.1. The van der Waals surface area contributed by atoms with Crippen LogP contribution >= 0.6 is 0 Å². The molecule has 0 saturated heterocycles. The van der Waals surface area contributed by atoms with Crippen LogP contribution < -0.4 is 10.5 Å². The molecule has 5 heteroatoms. The van der Waals surface area contributed by atoms with E-state index in [1.165, 1.54) is 0 Å². The van der Waals surface area contributed by atoms with Gasteiger partial charge in [-0.15, -0.1) is 0 Å². The number of aliphatic carboxylic acids is 1. The number of carboxylic acids is 1. The molecule has 0 bridgehead atoms. The Kier molecular flexibility index (Phi) is 3.61. The molecule has 1 atom stereocenters. The maximum atomic E-state index is 11.1. The predicted molar refractivity (Wildman–Crippen MR) is 62.8 cm³/mol. The maximum Gasteiger partial charge on any atom is 0.322 e. The molecule has 0 radical (unpaired) electrons. The Bertz CT molecular complexity index is 408. The number of benzene rings is 1. The van der Waals surface area contributed by atoms with E-state index in [1.807, 2.05) is 29.2 Å². The topological polar surface area (TPSA) is 75.8 Å². The van der Waals surface area contributed by atoms with Crippen LogP contribution in [0.5, 0.6) is 5.75 Å². The fourth-order valence-electron chi connectivity index (χ4n) is 2.02. The van der Waals surface area contributed by atoms with E-state index >= 15 is 0 Å². The summed E-state index contributed by atoms with van der Waals surface area (Å²) < 4.78 is 5.58. The van der Waals surface area contributed by atoms with E-state index in [9.17, 15) is 4.79 Å². The summed E-state index contributed by atoms with van der Waals surface area (Å²) in [5, 5.41) is 9.10. The van der Waals surface area contributed by atoms with Crippen LogP contribution in [0.2, 0.25) is 0 Å². The number of hydrogen-bond donors (Lipinski definition) is 2. The molecule has 0 aromatic heterocycles. The summed E-state index contributed by atoms with van der Waals surface area (Å²) in [7, 11) is 0. The summed E-state index contributed by atoms with van der Waals surface area (Å²) in [6.07, 6.45) is 0. The van der Waals surface area contributed by atoms with Gasteiger partial charge in [0.25, 0.3) is 0 Å². The Labute approximate surface area is 99.8 Å². The Morgan fingerprint density at radius 3 is 3.00 bits per heavy atom. The molecule has 1 aliphatic rings. The minimum Gasteiger partial charge on any atom is -0.492 e. The van der Waals surface area contributed by atoms with Crippen molar-refractivity contribution >= 4 is 5.97 Å². The monoisotopic (exact) mass is 236 g/mol. The third-order valence-electron chi connectivity index (χ3n) is 2.93. The minimum absolute atomic E-state index is 0.109. The van der Waals surface area contributed by atoms with Gasteiger partial charge in [0.05, 0.1) is 0 Å². The fourth-order valence-corrected chi connectivity index (χ4v) is 2.02. The molecule has 0 spiro atoms. The average Bonchev–Trinajstić information content (AvgIpc) is 2.51. The lowest BCUT2D eigenvalue weighted by Gasteiger charge is -2.25. The normalized spacial score (nSPS) is 17.7. The molecule has 3 N–H and O–H groups in total. The summed E-state index contributed by atoms with van der Waals surface area (Å²) >= 11 is 0. The maximum absolute atomic E-state index is 11.1. The van der Waals surface area contributed by atoms with Gasteiger partial charge in [-0.2, -0.15) is 0 Å². The van der Waals surface area contributed by atoms with Crippen molar-refractivity contribution in [2.24, 2.45) is 5.73 Å². The molecule has 2 rings (SSSR count). The molecule has 17 heavy (non-hydrogen) atoms. The summed E-state index contributed by atoms with van der Waals surface area (Å²) in [6.45, 7) is 1.73. The number of fused-ring (bicyclic) bond motifs is 1. The highest BCUT2D eigenvalue weighted by atomic mass is 16.5. The smallest absolute Gasteiger partial charge is 0.322 e. The first kappa shape index (κ1) is 11.9. The predicted octanol–water partition coefficient (Wildman–Crippen LogP) is 0.293. The van der Waals surface area contributed by atoms with Gasteiger partial charge in [0.1, 0.15) is 18.4 Å². The van der Waals surface area contributed by atoms with Crippen molar-refractivity contribution in [3.05, 3.63) is 29.8 Å². The van der Waals surface area contributed by atoms with Crippen LogP contribution in [-0.4, -0.2) is 41.7 Å². The quantitative estimate of drug-likeness (QED) is 0.789. The number of carboxylic acid groups (broad SMARTS) is 1. The molecule has 0 aliphatic carbocycles. The van der Waals surface area contributed by atoms with Crippen LogP contribution in [0.4, 0.5) is 0 Å². The summed E-state index contributed by atoms with van der Waals surface area (Å²) in [4.78, 5) is 12.9. The number of ether oxygens (including phenoxy) is 1. The zero-order chi connectivity index (χ0) is 12.3. The van der Waals surface area contributed by atoms with Gasteiger partial charge in [-0.25, -0.2) is 0 Å². The molecule has 1 aromatic carbocycles. The van der Waals surface area contributed by atoms with Gasteiger partial charge in [0.15, 0.2) is 0 Å². The molecular weight excluding hydrogens is 220 g/mol. The molecule has 1 heterocycles. The molecule has 0 fully saturated rings. The van der Waals surface area contributed by atoms with Crippen molar-refractivity contribution in [1.82, 2.24) is 4.90 Å². The number of rotatable bonds is 3. The fraction of sp³-hybridized carbons (Fsp3) is 0.417. The van der Waals surface area contributed by atoms with E-state index in [2.05, 4.69) is 0 Å². The van der Waals surface area contributed by atoms with Gasteiger partial charge in [-0.3, -0.25) is 9.69 Å². The second-order valence-electron chi connectivity index (χ2n) is 4.02. The highest BCUT2D eigenvalue weighted by Crippen LogP contribution is 2.23. The molecule has 0 saturated carbocycles. The minimum atomic E-state index is -0.883. The highest BCUT2D eigenvalue weighted by molar-refractivity contribution is 5.73. The van der Waals surface area contributed by atoms with Gasteiger partial charge >= 0.3 is 5.97 Å². The number of carbonyl (C=O) groups is 1. The third kappa shape index (κ3) is 2.57. The summed E-state index contributed by atoms with van der Waals surface area (Å²) in [6, 6.07) is 7.03. The third-order valence-corrected chi connectivity index (χ3v) is 2.93. The highest BCUT2D eigenvalue weighted by Gasteiger charge is 2.26. The number of nitrogens with two attached hydrogens (primary N) is 1. The second-order valence-corrected chi connectivity index (χ2v) is 4.02. The van der Waals surface area contributed by atoms with E-state index < -0.39 is 12.0 Å². The molecular formula is C12H16N2O3. The van der Waals surface area contributed by atoms with Crippen LogP contribution in [0.15, 0.2) is 24.3 Å². The first-order valence-electron chi connectivity index (χ1n) is 5.60. The van der Waals surface area contributed by atoms with Crippen molar-refractivity contribution in [2.75, 3.05) is 19.7 Å². The van der Waals surface area contributed by atoms with E-state index in [0.29, 0.717) is 19.7 Å². The number of para-hydroxylation sites is 1. The Morgan fingerprint density at radius 2 is 2.29 bits per heavy atom. The van der Waals surface area contributed by atoms with Crippen molar-refractivity contribution in [3.8, 4) is 5.75 Å². The number of nitrogens with zero attached hydrogens (tertiary/aromatic N) is 1. The average molecular weight is 236 g/mol. The van der Waals surface area contributed by atoms with E-state index in [4.69, 9.17) is 15.6 Å². The van der Waals surface area contributed by atoms with Gasteiger partial charge in [-0.05, 0) is 6.07 Å². The standard InChI is InChI=1S/C12H16N2O3/c13-7-10(12(15)16)14-5-6-17-11-4-2-1-3-9(11)8-14/h1-4,10H,5-8,13H2,(H,15,16). The van der Waals surface area contributed by atoms with E-state index in [0.717, 1.165) is 11.3 Å². The van der Waals surface area contributed by atoms with Gasteiger partial charge in [-0.1, -0.05) is 18.2 Å².